The van der Waals surface area contributed by atoms with Crippen molar-refractivity contribution in [3.05, 3.63) is 137 Å². The number of benzene rings is 4. The van der Waals surface area contributed by atoms with Crippen LogP contribution in [-0.2, 0) is 23.9 Å². The van der Waals surface area contributed by atoms with Gasteiger partial charge in [-0.25, -0.2) is 9.48 Å². The number of carbonyl (C=O) groups is 2. The quantitative estimate of drug-likeness (QED) is 0.181. The van der Waals surface area contributed by atoms with E-state index in [1.807, 2.05) is 48.5 Å². The van der Waals surface area contributed by atoms with Gasteiger partial charge in [0, 0.05) is 18.3 Å². The highest BCUT2D eigenvalue weighted by molar-refractivity contribution is 6.03. The van der Waals surface area contributed by atoms with Crippen LogP contribution in [0.15, 0.2) is 109 Å². The monoisotopic (exact) mass is 626 g/mol. The highest BCUT2D eigenvalue weighted by Gasteiger charge is 2.36. The Morgan fingerprint density at radius 1 is 0.761 bits per heavy atom. The van der Waals surface area contributed by atoms with Gasteiger partial charge in [0.05, 0.1) is 5.69 Å². The van der Waals surface area contributed by atoms with Crippen LogP contribution >= 0.6 is 0 Å². The first-order chi connectivity index (χ1) is 21.8. The van der Waals surface area contributed by atoms with Gasteiger partial charge in [-0.3, -0.25) is 4.79 Å². The van der Waals surface area contributed by atoms with Crippen LogP contribution in [0.5, 0.6) is 0 Å². The second-order valence-corrected chi connectivity index (χ2v) is 11.7. The lowest BCUT2D eigenvalue weighted by Crippen LogP contribution is -2.32. The van der Waals surface area contributed by atoms with E-state index in [-0.39, 0.29) is 17.9 Å². The van der Waals surface area contributed by atoms with Crippen molar-refractivity contribution >= 4 is 17.7 Å². The Balaban J connectivity index is 1.33. The number of halogens is 3. The Morgan fingerprint density at radius 2 is 1.43 bits per heavy atom. The number of hydrogen-bond acceptors (Lipinski definition) is 4. The lowest BCUT2D eigenvalue weighted by molar-refractivity contribution is -0.141. The van der Waals surface area contributed by atoms with Crippen LogP contribution < -0.4 is 10.6 Å². The Kier molecular flexibility index (Phi) is 9.27. The standard InChI is InChI=1S/C36H33F3N4O3/c1-35(2,3)46-34(45)40-23-26-10-8-14-30(21-26)43-31(22-32(42-43)36(37,38)39)33(44)41-29-13-7-9-25(20-29)19-24-15-17-28(18-16-24)27-11-5-4-6-12-27/h4-18,20-22H,19,23H2,1-3H3,(H,40,45)(H,41,44). The summed E-state index contributed by atoms with van der Waals surface area (Å²) in [5, 5.41) is 9.06. The van der Waals surface area contributed by atoms with Crippen LogP contribution in [0.2, 0.25) is 0 Å². The fourth-order valence-electron chi connectivity index (χ4n) is 4.80. The van der Waals surface area contributed by atoms with E-state index in [0.29, 0.717) is 17.7 Å². The minimum atomic E-state index is -4.77. The summed E-state index contributed by atoms with van der Waals surface area (Å²) in [5.74, 6) is -0.760. The molecule has 0 saturated carbocycles. The molecule has 2 N–H and O–H groups in total. The Hall–Kier alpha value is -5.38. The van der Waals surface area contributed by atoms with E-state index in [0.717, 1.165) is 33.0 Å². The summed E-state index contributed by atoms with van der Waals surface area (Å²) in [6, 6.07) is 32.5. The molecule has 1 heterocycles. The number of nitrogens with zero attached hydrogens (tertiary/aromatic N) is 2. The number of hydrogen-bond donors (Lipinski definition) is 2. The first-order valence-corrected chi connectivity index (χ1v) is 14.6. The van der Waals surface area contributed by atoms with Crippen molar-refractivity contribution in [3.8, 4) is 16.8 Å². The predicted octanol–water partition coefficient (Wildman–Crippen LogP) is 8.43. The minimum Gasteiger partial charge on any atom is -0.444 e. The highest BCUT2D eigenvalue weighted by Crippen LogP contribution is 2.30. The van der Waals surface area contributed by atoms with Crippen molar-refractivity contribution in [2.45, 2.75) is 45.5 Å². The van der Waals surface area contributed by atoms with Crippen LogP contribution in [0.1, 0.15) is 53.6 Å². The van der Waals surface area contributed by atoms with E-state index in [9.17, 15) is 22.8 Å². The number of carbonyl (C=O) groups excluding carboxylic acids is 2. The summed E-state index contributed by atoms with van der Waals surface area (Å²) >= 11 is 0. The third-order valence-electron chi connectivity index (χ3n) is 6.88. The Bertz CT molecular complexity index is 1830. The van der Waals surface area contributed by atoms with Gasteiger partial charge in [0.1, 0.15) is 11.3 Å². The Labute approximate surface area is 265 Å². The summed E-state index contributed by atoms with van der Waals surface area (Å²) in [6.45, 7) is 5.25. The minimum absolute atomic E-state index is 0.0550. The van der Waals surface area contributed by atoms with Crippen molar-refractivity contribution in [2.75, 3.05) is 5.32 Å². The largest absolute Gasteiger partial charge is 0.444 e. The molecule has 0 unspecified atom stereocenters. The zero-order valence-corrected chi connectivity index (χ0v) is 25.6. The van der Waals surface area contributed by atoms with Gasteiger partial charge in [-0.1, -0.05) is 78.9 Å². The maximum atomic E-state index is 13.7. The lowest BCUT2D eigenvalue weighted by Gasteiger charge is -2.19. The molecule has 46 heavy (non-hydrogen) atoms. The van der Waals surface area contributed by atoms with E-state index < -0.39 is 29.5 Å². The van der Waals surface area contributed by atoms with E-state index in [1.165, 1.54) is 6.07 Å². The average molecular weight is 627 g/mol. The van der Waals surface area contributed by atoms with E-state index >= 15 is 0 Å². The molecule has 5 rings (SSSR count). The molecule has 4 aromatic carbocycles. The number of anilines is 1. The van der Waals surface area contributed by atoms with Crippen LogP contribution in [0, 0.1) is 0 Å². The number of nitrogens with one attached hydrogen (secondary N) is 2. The topological polar surface area (TPSA) is 85.2 Å². The molecular weight excluding hydrogens is 593 g/mol. The number of alkyl carbamates (subject to hydrolysis) is 1. The van der Waals surface area contributed by atoms with Crippen LogP contribution in [0.3, 0.4) is 0 Å². The van der Waals surface area contributed by atoms with Gasteiger partial charge in [-0.2, -0.15) is 18.3 Å². The zero-order chi connectivity index (χ0) is 32.9. The van der Waals surface area contributed by atoms with Gasteiger partial charge < -0.3 is 15.4 Å². The molecule has 0 radical (unpaired) electrons. The summed E-state index contributed by atoms with van der Waals surface area (Å²) in [4.78, 5) is 25.5. The van der Waals surface area contributed by atoms with Crippen molar-refractivity contribution < 1.29 is 27.5 Å². The van der Waals surface area contributed by atoms with Gasteiger partial charge in [0.2, 0.25) is 0 Å². The summed E-state index contributed by atoms with van der Waals surface area (Å²) in [5.41, 5.74) is 3.23. The first kappa shape index (κ1) is 32.0. The first-order valence-electron chi connectivity index (χ1n) is 14.6. The van der Waals surface area contributed by atoms with Gasteiger partial charge in [0.25, 0.3) is 5.91 Å². The van der Waals surface area contributed by atoms with Crippen molar-refractivity contribution in [3.63, 3.8) is 0 Å². The smallest absolute Gasteiger partial charge is 0.435 e. The van der Waals surface area contributed by atoms with Crippen LogP contribution in [0.25, 0.3) is 16.8 Å². The fourth-order valence-corrected chi connectivity index (χ4v) is 4.80. The molecule has 0 spiro atoms. The molecule has 0 aliphatic carbocycles. The van der Waals surface area contributed by atoms with Crippen molar-refractivity contribution in [1.29, 1.82) is 0 Å². The fraction of sp³-hybridized carbons (Fsp3) is 0.194. The third kappa shape index (κ3) is 8.41. The lowest BCUT2D eigenvalue weighted by atomic mass is 10.00. The summed E-state index contributed by atoms with van der Waals surface area (Å²) in [7, 11) is 0. The average Bonchev–Trinajstić information content (AvgIpc) is 3.47. The molecule has 0 bridgehead atoms. The summed E-state index contributed by atoms with van der Waals surface area (Å²) < 4.78 is 47.4. The van der Waals surface area contributed by atoms with Crippen molar-refractivity contribution in [1.82, 2.24) is 15.1 Å². The molecule has 0 aliphatic heterocycles. The van der Waals surface area contributed by atoms with Gasteiger partial charge in [0.15, 0.2) is 5.69 Å². The second kappa shape index (κ2) is 13.3. The maximum absolute atomic E-state index is 13.7. The number of alkyl halides is 3. The highest BCUT2D eigenvalue weighted by atomic mass is 19.4. The van der Waals surface area contributed by atoms with E-state index in [4.69, 9.17) is 4.74 Å². The number of amides is 2. The molecular formula is C36H33F3N4O3. The maximum Gasteiger partial charge on any atom is 0.435 e. The molecule has 0 aliphatic rings. The molecule has 0 atom stereocenters. The SMILES string of the molecule is CC(C)(C)OC(=O)NCc1cccc(-n2nc(C(F)(F)F)cc2C(=O)Nc2cccc(Cc3ccc(-c4ccccc4)cc3)c2)c1. The zero-order valence-electron chi connectivity index (χ0n) is 25.6. The van der Waals surface area contributed by atoms with Crippen LogP contribution in [-0.4, -0.2) is 27.4 Å². The number of rotatable bonds is 8. The molecule has 1 aromatic heterocycles. The second-order valence-electron chi connectivity index (χ2n) is 11.7. The molecule has 0 saturated heterocycles. The van der Waals surface area contributed by atoms with Crippen LogP contribution in [0.4, 0.5) is 23.7 Å². The molecule has 2 amide bonds. The Morgan fingerprint density at radius 3 is 2.13 bits per heavy atom. The van der Waals surface area contributed by atoms with Gasteiger partial charge in [-0.05, 0) is 79.3 Å². The molecule has 10 heteroatoms. The molecule has 236 valence electrons. The van der Waals surface area contributed by atoms with Gasteiger partial charge >= 0.3 is 12.3 Å². The number of ether oxygens (including phenoxy) is 1. The normalized spacial score (nSPS) is 11.6. The summed E-state index contributed by atoms with van der Waals surface area (Å²) in [6.07, 6.45) is -4.81. The van der Waals surface area contributed by atoms with E-state index in [1.54, 1.807) is 57.2 Å². The molecule has 7 nitrogen and oxygen atoms in total. The number of aromatic nitrogens is 2. The predicted molar refractivity (Wildman–Crippen MR) is 171 cm³/mol. The van der Waals surface area contributed by atoms with Gasteiger partial charge in [-0.15, -0.1) is 0 Å². The third-order valence-corrected chi connectivity index (χ3v) is 6.88. The molecule has 5 aromatic rings. The van der Waals surface area contributed by atoms with E-state index in [2.05, 4.69) is 27.9 Å². The molecule has 0 fully saturated rings. The van der Waals surface area contributed by atoms with Crippen molar-refractivity contribution in [2.24, 2.45) is 0 Å².